The van der Waals surface area contributed by atoms with Crippen molar-refractivity contribution in [3.63, 3.8) is 0 Å². The summed E-state index contributed by atoms with van der Waals surface area (Å²) in [5.74, 6) is 1.59. The molecule has 58 heavy (non-hydrogen) atoms. The number of rotatable bonds is 18. The van der Waals surface area contributed by atoms with E-state index in [1.54, 1.807) is 0 Å². The number of carbonyl (C=O) groups excluding carboxylic acids is 2. The Labute approximate surface area is 356 Å². The molecule has 2 aliphatic carbocycles. The van der Waals surface area contributed by atoms with Crippen molar-refractivity contribution >= 4 is 11.9 Å². The zero-order valence-corrected chi connectivity index (χ0v) is 40.0. The molecule has 326 valence electrons. The first kappa shape index (κ1) is 48.1. The molecule has 0 heterocycles. The Balaban J connectivity index is 1.46. The first-order valence-corrected chi connectivity index (χ1v) is 23.5. The van der Waals surface area contributed by atoms with Gasteiger partial charge in [0, 0.05) is 0 Å². The number of hydrogen-bond acceptors (Lipinski definition) is 4. The lowest BCUT2D eigenvalue weighted by molar-refractivity contribution is -0.0385. The summed E-state index contributed by atoms with van der Waals surface area (Å²) in [7, 11) is 0. The highest BCUT2D eigenvalue weighted by molar-refractivity contribution is 5.90. The molecule has 4 heteroatoms. The minimum Gasteiger partial charge on any atom is -0.456 e. The third-order valence-corrected chi connectivity index (χ3v) is 15.7. The molecule has 2 saturated carbocycles. The molecule has 0 bridgehead atoms. The van der Waals surface area contributed by atoms with E-state index in [2.05, 4.69) is 134 Å². The zero-order valence-electron chi connectivity index (χ0n) is 40.0. The second-order valence-corrected chi connectivity index (χ2v) is 23.1. The number of carbonyl (C=O) groups is 2. The van der Waals surface area contributed by atoms with Gasteiger partial charge in [0.15, 0.2) is 0 Å². The minimum atomic E-state index is -0.550. The van der Waals surface area contributed by atoms with Gasteiger partial charge in [0.25, 0.3) is 0 Å². The van der Waals surface area contributed by atoms with Crippen molar-refractivity contribution in [3.8, 4) is 0 Å². The van der Waals surface area contributed by atoms with Crippen LogP contribution in [0.5, 0.6) is 0 Å². The lowest BCUT2D eigenvalue weighted by atomic mass is 9.63. The highest BCUT2D eigenvalue weighted by Gasteiger charge is 2.43. The molecular formula is C54H86O4. The van der Waals surface area contributed by atoms with Gasteiger partial charge in [-0.1, -0.05) is 145 Å². The average molecular weight is 799 g/mol. The van der Waals surface area contributed by atoms with Crippen LogP contribution in [0.2, 0.25) is 0 Å². The fourth-order valence-electron chi connectivity index (χ4n) is 10.6. The normalized spacial score (nSPS) is 20.9. The summed E-state index contributed by atoms with van der Waals surface area (Å²) in [4.78, 5) is 27.6. The second kappa shape index (κ2) is 19.0. The fourth-order valence-corrected chi connectivity index (χ4v) is 10.6. The number of esters is 2. The van der Waals surface area contributed by atoms with Crippen molar-refractivity contribution in [1.29, 1.82) is 0 Å². The van der Waals surface area contributed by atoms with E-state index < -0.39 is 11.2 Å². The topological polar surface area (TPSA) is 52.6 Å². The molecule has 0 aromatic heterocycles. The average Bonchev–Trinajstić information content (AvgIpc) is 3.65. The van der Waals surface area contributed by atoms with Crippen LogP contribution in [0.15, 0.2) is 48.5 Å². The third kappa shape index (κ3) is 12.5. The Morgan fingerprint density at radius 3 is 1.50 bits per heavy atom. The molecule has 0 saturated heterocycles. The van der Waals surface area contributed by atoms with Crippen molar-refractivity contribution in [3.05, 3.63) is 70.8 Å². The summed E-state index contributed by atoms with van der Waals surface area (Å²) < 4.78 is 12.7. The van der Waals surface area contributed by atoms with Crippen LogP contribution in [-0.2, 0) is 9.47 Å². The monoisotopic (exact) mass is 799 g/mol. The summed E-state index contributed by atoms with van der Waals surface area (Å²) in [6, 6.07) is 16.7. The van der Waals surface area contributed by atoms with Gasteiger partial charge in [-0.25, -0.2) is 9.59 Å². The Kier molecular flexibility index (Phi) is 15.7. The van der Waals surface area contributed by atoms with E-state index in [9.17, 15) is 9.59 Å². The van der Waals surface area contributed by atoms with E-state index in [0.717, 1.165) is 70.6 Å². The van der Waals surface area contributed by atoms with Gasteiger partial charge < -0.3 is 9.47 Å². The second-order valence-electron chi connectivity index (χ2n) is 23.1. The van der Waals surface area contributed by atoms with E-state index in [-0.39, 0.29) is 33.6 Å². The van der Waals surface area contributed by atoms with E-state index >= 15 is 0 Å². The smallest absolute Gasteiger partial charge is 0.338 e. The highest BCUT2D eigenvalue weighted by Crippen LogP contribution is 2.52. The van der Waals surface area contributed by atoms with Gasteiger partial charge in [-0.15, -0.1) is 0 Å². The molecule has 2 aliphatic rings. The summed E-state index contributed by atoms with van der Waals surface area (Å²) in [6.07, 6.45) is 15.9. The highest BCUT2D eigenvalue weighted by atomic mass is 16.6. The molecule has 2 aromatic rings. The van der Waals surface area contributed by atoms with Crippen molar-refractivity contribution < 1.29 is 19.1 Å². The molecular weight excluding hydrogens is 713 g/mol. The van der Waals surface area contributed by atoms with Gasteiger partial charge >= 0.3 is 11.9 Å². The van der Waals surface area contributed by atoms with Crippen LogP contribution in [0.1, 0.15) is 237 Å². The Hall–Kier alpha value is -2.62. The standard InChI is InChI=1S/C54H86O4/c1-16-50(7,8)45(36-49(4,5)6)39-24-22-26-41(33-39)48(56)58-53(13,14)44-31-30-38(32-44)35-54(15,18-3)37-46(51(9,10)17-2)40-25-23-27-42(34-40)47(55)57-52(11,12)43-28-20-19-21-29-43/h22-27,33-34,38,43-46H,16-21,28-32,35-37H2,1-15H3. The van der Waals surface area contributed by atoms with Crippen LogP contribution < -0.4 is 0 Å². The van der Waals surface area contributed by atoms with Crippen LogP contribution in [0.25, 0.3) is 0 Å². The molecule has 0 N–H and O–H groups in total. The van der Waals surface area contributed by atoms with Gasteiger partial charge in [-0.2, -0.15) is 0 Å². The molecule has 4 nitrogen and oxygen atoms in total. The summed E-state index contributed by atoms with van der Waals surface area (Å²) in [6.45, 7) is 34.4. The Morgan fingerprint density at radius 2 is 1.05 bits per heavy atom. The summed E-state index contributed by atoms with van der Waals surface area (Å²) >= 11 is 0. The van der Waals surface area contributed by atoms with Crippen molar-refractivity contribution in [1.82, 2.24) is 0 Å². The maximum Gasteiger partial charge on any atom is 0.338 e. The SMILES string of the molecule is CCC(C)(CC1CCC(C(C)(C)OC(=O)c2cccc(C(CC(C)(C)C)C(C)(C)CC)c2)C1)CC(c1cccc(C(=O)OC(C)(C)C2CCCCC2)c1)C(C)(C)CC. The maximum atomic E-state index is 13.9. The molecule has 0 radical (unpaired) electrons. The van der Waals surface area contributed by atoms with Gasteiger partial charge in [-0.05, 0) is 159 Å². The molecule has 5 atom stereocenters. The van der Waals surface area contributed by atoms with Crippen LogP contribution in [0.3, 0.4) is 0 Å². The zero-order chi connectivity index (χ0) is 43.3. The maximum absolute atomic E-state index is 13.9. The molecule has 0 aliphatic heterocycles. The van der Waals surface area contributed by atoms with E-state index in [1.165, 1.54) is 30.4 Å². The fraction of sp³-hybridized carbons (Fsp3) is 0.741. The molecule has 5 unspecified atom stereocenters. The molecule has 2 fully saturated rings. The summed E-state index contributed by atoms with van der Waals surface area (Å²) in [5.41, 5.74) is 3.31. The quantitative estimate of drug-likeness (QED) is 0.141. The van der Waals surface area contributed by atoms with E-state index in [0.29, 0.717) is 40.7 Å². The lowest BCUT2D eigenvalue weighted by Crippen LogP contribution is -2.38. The van der Waals surface area contributed by atoms with Crippen molar-refractivity contribution in [2.75, 3.05) is 0 Å². The largest absolute Gasteiger partial charge is 0.456 e. The predicted molar refractivity (Wildman–Crippen MR) is 245 cm³/mol. The van der Waals surface area contributed by atoms with Gasteiger partial charge in [0.05, 0.1) is 11.1 Å². The van der Waals surface area contributed by atoms with Crippen LogP contribution in [0, 0.1) is 39.4 Å². The van der Waals surface area contributed by atoms with Crippen molar-refractivity contribution in [2.24, 2.45) is 39.4 Å². The first-order chi connectivity index (χ1) is 26.8. The van der Waals surface area contributed by atoms with Gasteiger partial charge in [0.1, 0.15) is 11.2 Å². The molecule has 4 rings (SSSR count). The van der Waals surface area contributed by atoms with Crippen LogP contribution in [-0.4, -0.2) is 23.1 Å². The van der Waals surface area contributed by atoms with Crippen molar-refractivity contribution in [2.45, 2.75) is 217 Å². The van der Waals surface area contributed by atoms with E-state index in [1.807, 2.05) is 18.2 Å². The predicted octanol–water partition coefficient (Wildman–Crippen LogP) is 15.9. The third-order valence-electron chi connectivity index (χ3n) is 15.7. The van der Waals surface area contributed by atoms with Gasteiger partial charge in [-0.3, -0.25) is 0 Å². The number of ether oxygens (including phenoxy) is 2. The molecule has 0 amide bonds. The summed E-state index contributed by atoms with van der Waals surface area (Å²) in [5, 5.41) is 0. The van der Waals surface area contributed by atoms with Crippen LogP contribution >= 0.6 is 0 Å². The Morgan fingerprint density at radius 1 is 0.586 bits per heavy atom. The number of benzene rings is 2. The van der Waals surface area contributed by atoms with E-state index in [4.69, 9.17) is 9.47 Å². The molecule has 2 aromatic carbocycles. The first-order valence-electron chi connectivity index (χ1n) is 23.5. The Bertz CT molecular complexity index is 1650. The van der Waals surface area contributed by atoms with Gasteiger partial charge in [0.2, 0.25) is 0 Å². The molecule has 0 spiro atoms. The number of hydrogen-bond donors (Lipinski definition) is 0. The lowest BCUT2D eigenvalue weighted by Gasteiger charge is -2.42. The minimum absolute atomic E-state index is 0.0606. The van der Waals surface area contributed by atoms with Crippen LogP contribution in [0.4, 0.5) is 0 Å².